The number of hydrogen-bond donors (Lipinski definition) is 0. The number of carbonyl (C=O) groups is 2. The maximum atomic E-state index is 12.3. The van der Waals surface area contributed by atoms with Crippen LogP contribution in [0.15, 0.2) is 16.6 Å². The highest BCUT2D eigenvalue weighted by Gasteiger charge is 2.42. The molecule has 1 saturated heterocycles. The van der Waals surface area contributed by atoms with Crippen molar-refractivity contribution < 1.29 is 19.1 Å². The van der Waals surface area contributed by atoms with Gasteiger partial charge in [-0.3, -0.25) is 9.69 Å². The second-order valence-corrected chi connectivity index (χ2v) is 8.12. The summed E-state index contributed by atoms with van der Waals surface area (Å²) < 4.78 is 11.5. The van der Waals surface area contributed by atoms with Gasteiger partial charge in [0.2, 0.25) is 0 Å². The topological polar surface area (TPSA) is 59.1 Å². The number of hydrogen-bond acceptors (Lipinski definition) is 4. The van der Waals surface area contributed by atoms with E-state index >= 15 is 0 Å². The van der Waals surface area contributed by atoms with Crippen LogP contribution in [0.25, 0.3) is 0 Å². The van der Waals surface area contributed by atoms with Crippen LogP contribution in [-0.2, 0) is 9.53 Å². The molecule has 2 aliphatic rings. The Kier molecular flexibility index (Phi) is 4.42. The molecule has 0 radical (unpaired) electrons. The van der Waals surface area contributed by atoms with Crippen molar-refractivity contribution in [3.8, 4) is 5.75 Å². The van der Waals surface area contributed by atoms with Crippen molar-refractivity contribution in [1.82, 2.24) is 4.90 Å². The molecule has 0 atom stereocenters. The van der Waals surface area contributed by atoms with E-state index in [1.165, 1.54) is 0 Å². The summed E-state index contributed by atoms with van der Waals surface area (Å²) in [5.41, 5.74) is 0.119. The zero-order valence-electron chi connectivity index (χ0n) is 13.6. The van der Waals surface area contributed by atoms with Gasteiger partial charge >= 0.3 is 6.09 Å². The summed E-state index contributed by atoms with van der Waals surface area (Å²) in [6, 6.07) is 3.30. The zero-order valence-corrected chi connectivity index (χ0v) is 16.0. The van der Waals surface area contributed by atoms with Gasteiger partial charge in [-0.25, -0.2) is 4.79 Å². The number of carbonyl (C=O) groups excluding carboxylic acids is 2. The Morgan fingerprint density at radius 1 is 1.38 bits per heavy atom. The van der Waals surface area contributed by atoms with Gasteiger partial charge in [-0.05, 0) is 42.8 Å². The average Bonchev–Trinajstić information content (AvgIpc) is 2.37. The molecule has 0 aliphatic carbocycles. The zero-order chi connectivity index (χ0) is 17.6. The van der Waals surface area contributed by atoms with Crippen molar-refractivity contribution in [2.45, 2.75) is 32.4 Å². The lowest BCUT2D eigenvalue weighted by Crippen LogP contribution is -2.64. The molecule has 130 valence electrons. The smallest absolute Gasteiger partial charge is 0.410 e. The fraction of sp³-hybridized carbons (Fsp3) is 0.500. The Balaban J connectivity index is 1.76. The van der Waals surface area contributed by atoms with E-state index in [0.29, 0.717) is 34.0 Å². The third kappa shape index (κ3) is 3.32. The Hall–Kier alpha value is -1.47. The number of nitrogens with zero attached hydrogens (tertiary/aromatic N) is 2. The van der Waals surface area contributed by atoms with Gasteiger partial charge in [0.05, 0.1) is 6.04 Å². The number of ether oxygens (including phenoxy) is 2. The Bertz CT molecular complexity index is 698. The van der Waals surface area contributed by atoms with Crippen molar-refractivity contribution >= 4 is 45.2 Å². The Labute approximate surface area is 153 Å². The molecule has 0 N–H and O–H groups in total. The van der Waals surface area contributed by atoms with Gasteiger partial charge in [0.25, 0.3) is 5.91 Å². The third-order valence-corrected chi connectivity index (χ3v) is 4.56. The number of rotatable bonds is 1. The fourth-order valence-corrected chi connectivity index (χ4v) is 3.67. The van der Waals surface area contributed by atoms with Crippen LogP contribution in [0.5, 0.6) is 5.75 Å². The predicted octanol–water partition coefficient (Wildman–Crippen LogP) is 3.45. The molecule has 2 heterocycles. The van der Waals surface area contributed by atoms with E-state index < -0.39 is 5.60 Å². The molecule has 2 amide bonds. The summed E-state index contributed by atoms with van der Waals surface area (Å²) in [5, 5.41) is 0.527. The quantitative estimate of drug-likeness (QED) is 0.702. The number of likely N-dealkylation sites (tertiary alicyclic amines) is 1. The van der Waals surface area contributed by atoms with E-state index in [-0.39, 0.29) is 24.6 Å². The SMILES string of the molecule is CC(C)(C)OC(=O)N1CC(N2C(=O)COc3cc(Cl)cc(Br)c32)C1. The molecular weight excluding hydrogens is 400 g/mol. The summed E-state index contributed by atoms with van der Waals surface area (Å²) >= 11 is 9.48. The Morgan fingerprint density at radius 3 is 2.67 bits per heavy atom. The van der Waals surface area contributed by atoms with Crippen molar-refractivity contribution in [3.05, 3.63) is 21.6 Å². The Morgan fingerprint density at radius 2 is 2.04 bits per heavy atom. The van der Waals surface area contributed by atoms with Crippen LogP contribution in [0.3, 0.4) is 0 Å². The lowest BCUT2D eigenvalue weighted by atomic mass is 10.1. The summed E-state index contributed by atoms with van der Waals surface area (Å²) in [7, 11) is 0. The molecule has 0 aromatic heterocycles. The van der Waals surface area contributed by atoms with Crippen LogP contribution in [0.1, 0.15) is 20.8 Å². The maximum absolute atomic E-state index is 12.3. The first-order valence-corrected chi connectivity index (χ1v) is 8.74. The minimum absolute atomic E-state index is 0.0390. The van der Waals surface area contributed by atoms with E-state index in [2.05, 4.69) is 15.9 Å². The second kappa shape index (κ2) is 6.11. The van der Waals surface area contributed by atoms with Gasteiger partial charge in [-0.1, -0.05) is 11.6 Å². The van der Waals surface area contributed by atoms with Crippen molar-refractivity contribution in [1.29, 1.82) is 0 Å². The van der Waals surface area contributed by atoms with Crippen LogP contribution in [0.2, 0.25) is 5.02 Å². The maximum Gasteiger partial charge on any atom is 0.410 e. The number of anilines is 1. The van der Waals surface area contributed by atoms with Gasteiger partial charge in [0, 0.05) is 28.7 Å². The molecule has 1 fully saturated rings. The van der Waals surface area contributed by atoms with Gasteiger partial charge in [0.1, 0.15) is 17.0 Å². The normalized spacial score (nSPS) is 18.0. The van der Waals surface area contributed by atoms with Gasteiger partial charge in [0.15, 0.2) is 6.61 Å². The predicted molar refractivity (Wildman–Crippen MR) is 93.7 cm³/mol. The molecule has 1 aromatic rings. The van der Waals surface area contributed by atoms with Crippen molar-refractivity contribution in [2.75, 3.05) is 24.6 Å². The molecule has 24 heavy (non-hydrogen) atoms. The largest absolute Gasteiger partial charge is 0.481 e. The first-order valence-electron chi connectivity index (χ1n) is 7.57. The molecule has 1 aromatic carbocycles. The monoisotopic (exact) mass is 416 g/mol. The molecule has 0 bridgehead atoms. The molecule has 0 saturated carbocycles. The van der Waals surface area contributed by atoms with Gasteiger partial charge in [-0.15, -0.1) is 0 Å². The van der Waals surface area contributed by atoms with E-state index in [0.717, 1.165) is 0 Å². The lowest BCUT2D eigenvalue weighted by Gasteiger charge is -2.46. The molecule has 2 aliphatic heterocycles. The number of halogens is 2. The van der Waals surface area contributed by atoms with Gasteiger partial charge < -0.3 is 14.4 Å². The number of fused-ring (bicyclic) bond motifs is 1. The fourth-order valence-electron chi connectivity index (χ4n) is 2.70. The van der Waals surface area contributed by atoms with Crippen LogP contribution in [0, 0.1) is 0 Å². The summed E-state index contributed by atoms with van der Waals surface area (Å²) in [6.07, 6.45) is -0.366. The molecule has 0 unspecified atom stereocenters. The third-order valence-electron chi connectivity index (χ3n) is 3.73. The molecule has 8 heteroatoms. The van der Waals surface area contributed by atoms with Crippen molar-refractivity contribution in [3.63, 3.8) is 0 Å². The minimum atomic E-state index is -0.538. The molecule has 3 rings (SSSR count). The van der Waals surface area contributed by atoms with Crippen LogP contribution < -0.4 is 9.64 Å². The van der Waals surface area contributed by atoms with Crippen molar-refractivity contribution in [2.24, 2.45) is 0 Å². The summed E-state index contributed by atoms with van der Waals surface area (Å²) in [4.78, 5) is 27.7. The van der Waals surface area contributed by atoms with Crippen LogP contribution >= 0.6 is 27.5 Å². The van der Waals surface area contributed by atoms with Gasteiger partial charge in [-0.2, -0.15) is 0 Å². The standard InChI is InChI=1S/C16H18BrClN2O4/c1-16(2,3)24-15(22)19-6-10(7-19)20-13(21)8-23-12-5-9(18)4-11(17)14(12)20/h4-5,10H,6-8H2,1-3H3. The second-order valence-electron chi connectivity index (χ2n) is 6.83. The summed E-state index contributed by atoms with van der Waals surface area (Å²) in [6.45, 7) is 6.29. The highest BCUT2D eigenvalue weighted by atomic mass is 79.9. The van der Waals surface area contributed by atoms with E-state index in [1.54, 1.807) is 21.9 Å². The van der Waals surface area contributed by atoms with E-state index in [1.807, 2.05) is 20.8 Å². The van der Waals surface area contributed by atoms with Crippen LogP contribution in [0.4, 0.5) is 10.5 Å². The first kappa shape index (κ1) is 17.4. The van der Waals surface area contributed by atoms with E-state index in [4.69, 9.17) is 21.1 Å². The first-order chi connectivity index (χ1) is 11.2. The van der Waals surface area contributed by atoms with E-state index in [9.17, 15) is 9.59 Å². The lowest BCUT2D eigenvalue weighted by molar-refractivity contribution is -0.122. The molecule has 6 nitrogen and oxygen atoms in total. The molecular formula is C16H18BrClN2O4. The minimum Gasteiger partial charge on any atom is -0.481 e. The highest BCUT2D eigenvalue weighted by molar-refractivity contribution is 9.10. The number of amides is 2. The molecule has 0 spiro atoms. The van der Waals surface area contributed by atoms with Crippen LogP contribution in [-0.4, -0.2) is 48.2 Å². The highest BCUT2D eigenvalue weighted by Crippen LogP contribution is 2.43. The summed E-state index contributed by atoms with van der Waals surface area (Å²) in [5.74, 6) is 0.420. The number of benzene rings is 1. The average molecular weight is 418 g/mol.